The molecule has 7 nitrogen and oxygen atoms in total. The van der Waals surface area contributed by atoms with E-state index in [1.807, 2.05) is 55.5 Å². The van der Waals surface area contributed by atoms with Gasteiger partial charge in [-0.15, -0.1) is 0 Å². The van der Waals surface area contributed by atoms with Crippen molar-refractivity contribution >= 4 is 23.2 Å². The molecule has 0 saturated heterocycles. The molecule has 0 unspecified atom stereocenters. The van der Waals surface area contributed by atoms with Crippen molar-refractivity contribution in [3.8, 4) is 11.4 Å². The number of amides is 2. The first kappa shape index (κ1) is 17.9. The fourth-order valence-electron chi connectivity index (χ4n) is 2.89. The molecule has 0 bridgehead atoms. The Morgan fingerprint density at radius 2 is 1.86 bits per heavy atom. The molecular formula is C21H21N5O2. The zero-order valence-electron chi connectivity index (χ0n) is 15.5. The monoisotopic (exact) mass is 375 g/mol. The van der Waals surface area contributed by atoms with Gasteiger partial charge >= 0.3 is 0 Å². The summed E-state index contributed by atoms with van der Waals surface area (Å²) in [5.74, 6) is 1.46. The minimum absolute atomic E-state index is 0.0759. The van der Waals surface area contributed by atoms with Crippen molar-refractivity contribution in [2.24, 2.45) is 5.92 Å². The van der Waals surface area contributed by atoms with Crippen LogP contribution in [0.4, 0.5) is 11.4 Å². The number of nitrogens with zero attached hydrogens (tertiary/aromatic N) is 2. The van der Waals surface area contributed by atoms with Crippen molar-refractivity contribution < 1.29 is 9.59 Å². The molecule has 142 valence electrons. The highest BCUT2D eigenvalue weighted by atomic mass is 16.2. The van der Waals surface area contributed by atoms with Crippen LogP contribution >= 0.6 is 0 Å². The van der Waals surface area contributed by atoms with E-state index < -0.39 is 0 Å². The van der Waals surface area contributed by atoms with E-state index >= 15 is 0 Å². The number of benzene rings is 2. The highest BCUT2D eigenvalue weighted by molar-refractivity contribution is 5.94. The van der Waals surface area contributed by atoms with Gasteiger partial charge in [0.2, 0.25) is 11.8 Å². The summed E-state index contributed by atoms with van der Waals surface area (Å²) in [5, 5.41) is 12.7. The molecule has 28 heavy (non-hydrogen) atoms. The topological polar surface area (TPSA) is 99.8 Å². The van der Waals surface area contributed by atoms with Crippen LogP contribution in [0.25, 0.3) is 11.4 Å². The van der Waals surface area contributed by atoms with Gasteiger partial charge in [0.05, 0.1) is 6.42 Å². The molecule has 1 aromatic heterocycles. The lowest BCUT2D eigenvalue weighted by Gasteiger charge is -2.08. The molecule has 3 aromatic rings. The lowest BCUT2D eigenvalue weighted by Crippen LogP contribution is -2.15. The van der Waals surface area contributed by atoms with Crippen LogP contribution < -0.4 is 10.6 Å². The van der Waals surface area contributed by atoms with Crippen molar-refractivity contribution in [2.45, 2.75) is 26.2 Å². The normalized spacial score (nSPS) is 13.2. The number of aromatic nitrogens is 3. The molecule has 3 N–H and O–H groups in total. The van der Waals surface area contributed by atoms with Crippen molar-refractivity contribution in [1.82, 2.24) is 15.2 Å². The quantitative estimate of drug-likeness (QED) is 0.615. The van der Waals surface area contributed by atoms with E-state index in [-0.39, 0.29) is 24.2 Å². The van der Waals surface area contributed by atoms with E-state index in [1.54, 1.807) is 0 Å². The van der Waals surface area contributed by atoms with Crippen LogP contribution in [0, 0.1) is 12.8 Å². The predicted molar refractivity (Wildman–Crippen MR) is 107 cm³/mol. The average molecular weight is 375 g/mol. The van der Waals surface area contributed by atoms with E-state index in [0.717, 1.165) is 35.5 Å². The van der Waals surface area contributed by atoms with Crippen LogP contribution in [0.1, 0.15) is 24.2 Å². The first-order valence-corrected chi connectivity index (χ1v) is 9.26. The molecule has 7 heteroatoms. The van der Waals surface area contributed by atoms with Gasteiger partial charge in [0.1, 0.15) is 5.82 Å². The molecule has 0 radical (unpaired) electrons. The predicted octanol–water partition coefficient (Wildman–Crippen LogP) is 3.31. The molecule has 1 heterocycles. The first-order chi connectivity index (χ1) is 13.6. The van der Waals surface area contributed by atoms with Crippen molar-refractivity contribution in [3.63, 3.8) is 0 Å². The minimum atomic E-state index is -0.113. The lowest BCUT2D eigenvalue weighted by molar-refractivity contribution is -0.117. The maximum Gasteiger partial charge on any atom is 0.228 e. The summed E-state index contributed by atoms with van der Waals surface area (Å²) in [6, 6.07) is 14.8. The Bertz CT molecular complexity index is 1010. The number of carbonyl (C=O) groups excluding carboxylic acids is 2. The molecule has 2 aromatic carbocycles. The van der Waals surface area contributed by atoms with Crippen molar-refractivity contribution in [2.75, 3.05) is 10.6 Å². The van der Waals surface area contributed by atoms with Gasteiger partial charge in [-0.25, -0.2) is 4.98 Å². The Balaban J connectivity index is 1.35. The molecule has 1 aliphatic rings. The summed E-state index contributed by atoms with van der Waals surface area (Å²) >= 11 is 0. The molecule has 1 aliphatic carbocycles. The van der Waals surface area contributed by atoms with Crippen LogP contribution in [-0.4, -0.2) is 27.0 Å². The highest BCUT2D eigenvalue weighted by Gasteiger charge is 2.29. The first-order valence-electron chi connectivity index (χ1n) is 9.26. The molecule has 0 spiro atoms. The largest absolute Gasteiger partial charge is 0.326 e. The van der Waals surface area contributed by atoms with Gasteiger partial charge in [0, 0.05) is 22.9 Å². The second kappa shape index (κ2) is 7.64. The maximum atomic E-state index is 12.4. The zero-order chi connectivity index (χ0) is 19.5. The second-order valence-corrected chi connectivity index (χ2v) is 7.01. The summed E-state index contributed by atoms with van der Waals surface area (Å²) in [5.41, 5.74) is 3.16. The van der Waals surface area contributed by atoms with E-state index in [2.05, 4.69) is 25.8 Å². The third kappa shape index (κ3) is 4.43. The average Bonchev–Trinajstić information content (AvgIpc) is 3.45. The Labute approximate surface area is 162 Å². The zero-order valence-corrected chi connectivity index (χ0v) is 15.5. The van der Waals surface area contributed by atoms with E-state index in [9.17, 15) is 9.59 Å². The standard InChI is InChI=1S/C21H21N5O2/c1-13-22-20(26-25-13)16-3-2-4-18(12-16)23-19(27)11-14-5-9-17(10-6-14)24-21(28)15-7-8-15/h2-6,9-10,12,15H,7-8,11H2,1H3,(H,23,27)(H,24,28)(H,22,25,26). The Kier molecular flexibility index (Phi) is 4.89. The summed E-state index contributed by atoms with van der Waals surface area (Å²) < 4.78 is 0. The smallest absolute Gasteiger partial charge is 0.228 e. The van der Waals surface area contributed by atoms with Crippen LogP contribution in [0.5, 0.6) is 0 Å². The minimum Gasteiger partial charge on any atom is -0.326 e. The Hall–Kier alpha value is -3.48. The van der Waals surface area contributed by atoms with Crippen LogP contribution in [0.15, 0.2) is 48.5 Å². The maximum absolute atomic E-state index is 12.4. The molecule has 4 rings (SSSR count). The number of anilines is 2. The summed E-state index contributed by atoms with van der Waals surface area (Å²) in [6.07, 6.45) is 2.20. The Morgan fingerprint density at radius 3 is 2.54 bits per heavy atom. The summed E-state index contributed by atoms with van der Waals surface area (Å²) in [6.45, 7) is 1.84. The van der Waals surface area contributed by atoms with Gasteiger partial charge < -0.3 is 10.6 Å². The van der Waals surface area contributed by atoms with Crippen LogP contribution in [0.3, 0.4) is 0 Å². The van der Waals surface area contributed by atoms with E-state index in [1.165, 1.54) is 0 Å². The van der Waals surface area contributed by atoms with Gasteiger partial charge in [0.15, 0.2) is 5.82 Å². The number of hydrogen-bond donors (Lipinski definition) is 3. The van der Waals surface area contributed by atoms with Gasteiger partial charge in [-0.2, -0.15) is 5.10 Å². The summed E-state index contributed by atoms with van der Waals surface area (Å²) in [4.78, 5) is 28.5. The number of carbonyl (C=O) groups is 2. The van der Waals surface area contributed by atoms with Crippen molar-refractivity contribution in [1.29, 1.82) is 0 Å². The van der Waals surface area contributed by atoms with Gasteiger partial charge in [-0.1, -0.05) is 24.3 Å². The third-order valence-corrected chi connectivity index (χ3v) is 4.54. The third-order valence-electron chi connectivity index (χ3n) is 4.54. The number of rotatable bonds is 6. The number of H-pyrrole nitrogens is 1. The number of aryl methyl sites for hydroxylation is 1. The van der Waals surface area contributed by atoms with E-state index in [0.29, 0.717) is 11.5 Å². The molecule has 0 aliphatic heterocycles. The molecular weight excluding hydrogens is 354 g/mol. The van der Waals surface area contributed by atoms with Crippen LogP contribution in [0.2, 0.25) is 0 Å². The number of hydrogen-bond acceptors (Lipinski definition) is 4. The SMILES string of the molecule is Cc1nc(-c2cccc(NC(=O)Cc3ccc(NC(=O)C4CC4)cc3)c2)n[nH]1. The summed E-state index contributed by atoms with van der Waals surface area (Å²) in [7, 11) is 0. The highest BCUT2D eigenvalue weighted by Crippen LogP contribution is 2.30. The van der Waals surface area contributed by atoms with Crippen LogP contribution in [-0.2, 0) is 16.0 Å². The van der Waals surface area contributed by atoms with E-state index in [4.69, 9.17) is 0 Å². The fraction of sp³-hybridized carbons (Fsp3) is 0.238. The molecule has 0 atom stereocenters. The molecule has 1 fully saturated rings. The Morgan fingerprint density at radius 1 is 1.07 bits per heavy atom. The lowest BCUT2D eigenvalue weighted by atomic mass is 10.1. The van der Waals surface area contributed by atoms with Crippen molar-refractivity contribution in [3.05, 3.63) is 59.9 Å². The molecule has 2 amide bonds. The molecule has 1 saturated carbocycles. The number of nitrogens with one attached hydrogen (secondary N) is 3. The van der Waals surface area contributed by atoms with Gasteiger partial charge in [-0.3, -0.25) is 14.7 Å². The van der Waals surface area contributed by atoms with Gasteiger partial charge in [-0.05, 0) is 49.6 Å². The second-order valence-electron chi connectivity index (χ2n) is 7.01. The number of aromatic amines is 1. The fourth-order valence-corrected chi connectivity index (χ4v) is 2.89. The van der Waals surface area contributed by atoms with Gasteiger partial charge in [0.25, 0.3) is 0 Å².